The lowest BCUT2D eigenvalue weighted by Gasteiger charge is -2.30. The van der Waals surface area contributed by atoms with Crippen molar-refractivity contribution in [1.29, 1.82) is 0 Å². The number of anilines is 1. The highest BCUT2D eigenvalue weighted by atomic mass is 32.1. The maximum atomic E-state index is 13.0. The third-order valence-corrected chi connectivity index (χ3v) is 5.48. The van der Waals surface area contributed by atoms with E-state index in [-0.39, 0.29) is 16.9 Å². The lowest BCUT2D eigenvalue weighted by atomic mass is 9.98. The number of carbonyl (C=O) groups excluding carboxylic acids is 2. The van der Waals surface area contributed by atoms with Crippen LogP contribution in [0.2, 0.25) is 0 Å². The van der Waals surface area contributed by atoms with Crippen LogP contribution in [-0.2, 0) is 0 Å². The van der Waals surface area contributed by atoms with Gasteiger partial charge in [0, 0.05) is 18.7 Å². The zero-order valence-electron chi connectivity index (χ0n) is 18.0. The van der Waals surface area contributed by atoms with E-state index in [9.17, 15) is 9.59 Å². The maximum absolute atomic E-state index is 13.0. The second-order valence-corrected chi connectivity index (χ2v) is 8.21. The molecule has 3 rings (SSSR count). The zero-order valence-corrected chi connectivity index (χ0v) is 18.8. The fourth-order valence-corrected chi connectivity index (χ4v) is 3.64. The number of likely N-dealkylation sites (tertiary alicyclic amines) is 1. The van der Waals surface area contributed by atoms with Crippen molar-refractivity contribution in [2.75, 3.05) is 25.0 Å². The summed E-state index contributed by atoms with van der Waals surface area (Å²) >= 11 is 5.33. The SMILES string of the molecule is CCCOc1cccc(C(=O)NC(=S)Nc2ccccc2C(=O)N2CCC(C)CC2)c1. The average Bonchev–Trinajstić information content (AvgIpc) is 2.78. The van der Waals surface area contributed by atoms with E-state index in [0.29, 0.717) is 35.1 Å². The number of nitrogens with zero attached hydrogens (tertiary/aromatic N) is 1. The summed E-state index contributed by atoms with van der Waals surface area (Å²) in [6.45, 7) is 6.34. The van der Waals surface area contributed by atoms with Gasteiger partial charge in [-0.05, 0) is 67.7 Å². The van der Waals surface area contributed by atoms with Crippen LogP contribution in [0, 0.1) is 5.92 Å². The van der Waals surface area contributed by atoms with Crippen molar-refractivity contribution in [1.82, 2.24) is 10.2 Å². The van der Waals surface area contributed by atoms with Gasteiger partial charge in [-0.3, -0.25) is 14.9 Å². The second-order valence-electron chi connectivity index (χ2n) is 7.80. The summed E-state index contributed by atoms with van der Waals surface area (Å²) in [6, 6.07) is 14.2. The van der Waals surface area contributed by atoms with Crippen LogP contribution >= 0.6 is 12.2 Å². The van der Waals surface area contributed by atoms with Crippen molar-refractivity contribution in [3.8, 4) is 5.75 Å². The molecule has 0 unspecified atom stereocenters. The molecule has 0 radical (unpaired) electrons. The Labute approximate surface area is 189 Å². The number of hydrogen-bond acceptors (Lipinski definition) is 4. The maximum Gasteiger partial charge on any atom is 0.257 e. The molecule has 0 aromatic heterocycles. The predicted molar refractivity (Wildman–Crippen MR) is 127 cm³/mol. The van der Waals surface area contributed by atoms with Gasteiger partial charge in [0.15, 0.2) is 5.11 Å². The number of rotatable bonds is 6. The minimum absolute atomic E-state index is 0.0232. The van der Waals surface area contributed by atoms with Crippen molar-refractivity contribution < 1.29 is 14.3 Å². The predicted octanol–water partition coefficient (Wildman–Crippen LogP) is 4.47. The van der Waals surface area contributed by atoms with Gasteiger partial charge in [0.1, 0.15) is 5.75 Å². The van der Waals surface area contributed by atoms with Crippen LogP contribution in [0.25, 0.3) is 0 Å². The molecule has 7 heteroatoms. The summed E-state index contributed by atoms with van der Waals surface area (Å²) in [5.74, 6) is 0.921. The molecule has 2 amide bonds. The summed E-state index contributed by atoms with van der Waals surface area (Å²) in [7, 11) is 0. The van der Waals surface area contributed by atoms with Crippen LogP contribution in [0.15, 0.2) is 48.5 Å². The highest BCUT2D eigenvalue weighted by molar-refractivity contribution is 7.80. The quantitative estimate of drug-likeness (QED) is 0.650. The standard InChI is InChI=1S/C24H29N3O3S/c1-3-15-30-19-8-6-7-18(16-19)22(28)26-24(31)25-21-10-5-4-9-20(21)23(29)27-13-11-17(2)12-14-27/h4-10,16-17H,3,11-15H2,1-2H3,(H2,25,26,28,31). The summed E-state index contributed by atoms with van der Waals surface area (Å²) in [5.41, 5.74) is 1.57. The number of hydrogen-bond donors (Lipinski definition) is 2. The van der Waals surface area contributed by atoms with Gasteiger partial charge in [0.2, 0.25) is 0 Å². The molecule has 0 saturated carbocycles. The van der Waals surface area contributed by atoms with Crippen LogP contribution in [0.1, 0.15) is 53.8 Å². The van der Waals surface area contributed by atoms with Gasteiger partial charge in [0.25, 0.3) is 11.8 Å². The third-order valence-electron chi connectivity index (χ3n) is 5.27. The molecule has 31 heavy (non-hydrogen) atoms. The Bertz CT molecular complexity index is 939. The number of thiocarbonyl (C=S) groups is 1. The van der Waals surface area contributed by atoms with Gasteiger partial charge in [-0.25, -0.2) is 0 Å². The van der Waals surface area contributed by atoms with E-state index in [1.54, 1.807) is 30.3 Å². The van der Waals surface area contributed by atoms with Gasteiger partial charge in [-0.1, -0.05) is 32.0 Å². The molecule has 2 N–H and O–H groups in total. The molecule has 0 bridgehead atoms. The van der Waals surface area contributed by atoms with E-state index >= 15 is 0 Å². The van der Waals surface area contributed by atoms with Crippen LogP contribution in [0.4, 0.5) is 5.69 Å². The number of nitrogens with one attached hydrogen (secondary N) is 2. The van der Waals surface area contributed by atoms with E-state index in [2.05, 4.69) is 17.6 Å². The number of para-hydroxylation sites is 1. The molecule has 164 valence electrons. The molecule has 2 aromatic rings. The van der Waals surface area contributed by atoms with Gasteiger partial charge in [-0.2, -0.15) is 0 Å². The molecule has 0 spiro atoms. The summed E-state index contributed by atoms with van der Waals surface area (Å²) in [6.07, 6.45) is 2.91. The largest absolute Gasteiger partial charge is 0.494 e. The van der Waals surface area contributed by atoms with Gasteiger partial charge >= 0.3 is 0 Å². The Morgan fingerprint density at radius 3 is 2.61 bits per heavy atom. The highest BCUT2D eigenvalue weighted by Crippen LogP contribution is 2.22. The lowest BCUT2D eigenvalue weighted by molar-refractivity contribution is 0.0698. The Hall–Kier alpha value is -2.93. The van der Waals surface area contributed by atoms with Gasteiger partial charge < -0.3 is 15.0 Å². The number of benzene rings is 2. The molecule has 1 saturated heterocycles. The minimum atomic E-state index is -0.340. The molecular weight excluding hydrogens is 410 g/mol. The zero-order chi connectivity index (χ0) is 22.2. The first-order valence-electron chi connectivity index (χ1n) is 10.7. The molecule has 0 atom stereocenters. The first kappa shape index (κ1) is 22.7. The number of ether oxygens (including phenoxy) is 1. The minimum Gasteiger partial charge on any atom is -0.494 e. The van der Waals surface area contributed by atoms with E-state index in [4.69, 9.17) is 17.0 Å². The van der Waals surface area contributed by atoms with Crippen molar-refractivity contribution in [2.45, 2.75) is 33.1 Å². The highest BCUT2D eigenvalue weighted by Gasteiger charge is 2.23. The summed E-state index contributed by atoms with van der Waals surface area (Å²) in [4.78, 5) is 27.5. The molecule has 1 aliphatic rings. The fourth-order valence-electron chi connectivity index (χ4n) is 3.44. The van der Waals surface area contributed by atoms with E-state index in [1.807, 2.05) is 30.0 Å². The Morgan fingerprint density at radius 1 is 1.13 bits per heavy atom. The van der Waals surface area contributed by atoms with Crippen LogP contribution in [0.5, 0.6) is 5.75 Å². The van der Waals surface area contributed by atoms with Crippen LogP contribution in [-0.4, -0.2) is 41.5 Å². The summed E-state index contributed by atoms with van der Waals surface area (Å²) in [5, 5.41) is 5.83. The summed E-state index contributed by atoms with van der Waals surface area (Å²) < 4.78 is 5.58. The number of piperidine rings is 1. The first-order chi connectivity index (χ1) is 15.0. The third kappa shape index (κ3) is 6.28. The van der Waals surface area contributed by atoms with Gasteiger partial charge in [-0.15, -0.1) is 0 Å². The normalized spacial score (nSPS) is 14.1. The molecule has 6 nitrogen and oxygen atoms in total. The molecular formula is C24H29N3O3S. The Balaban J connectivity index is 1.64. The van der Waals surface area contributed by atoms with Crippen molar-refractivity contribution >= 4 is 34.8 Å². The Morgan fingerprint density at radius 2 is 1.87 bits per heavy atom. The van der Waals surface area contributed by atoms with Crippen molar-refractivity contribution in [3.63, 3.8) is 0 Å². The molecule has 1 heterocycles. The smallest absolute Gasteiger partial charge is 0.257 e. The van der Waals surface area contributed by atoms with E-state index in [1.165, 1.54) is 0 Å². The van der Waals surface area contributed by atoms with Crippen LogP contribution < -0.4 is 15.4 Å². The second kappa shape index (κ2) is 10.9. The monoisotopic (exact) mass is 439 g/mol. The van der Waals surface area contributed by atoms with Crippen LogP contribution in [0.3, 0.4) is 0 Å². The van der Waals surface area contributed by atoms with E-state index < -0.39 is 0 Å². The molecule has 0 aliphatic carbocycles. The van der Waals surface area contributed by atoms with Crippen molar-refractivity contribution in [3.05, 3.63) is 59.7 Å². The molecule has 2 aromatic carbocycles. The molecule has 1 aliphatic heterocycles. The average molecular weight is 440 g/mol. The topological polar surface area (TPSA) is 70.7 Å². The number of carbonyl (C=O) groups is 2. The molecule has 1 fully saturated rings. The fraction of sp³-hybridized carbons (Fsp3) is 0.375. The Kier molecular flexibility index (Phi) is 8.00. The van der Waals surface area contributed by atoms with Crippen molar-refractivity contribution in [2.24, 2.45) is 5.92 Å². The first-order valence-corrected chi connectivity index (χ1v) is 11.1. The lowest BCUT2D eigenvalue weighted by Crippen LogP contribution is -2.39. The van der Waals surface area contributed by atoms with E-state index in [0.717, 1.165) is 32.4 Å². The number of amides is 2. The van der Waals surface area contributed by atoms with Gasteiger partial charge in [0.05, 0.1) is 17.9 Å².